The zero-order valence-electron chi connectivity index (χ0n) is 13.8. The molecule has 126 valence electrons. The first-order valence-corrected chi connectivity index (χ1v) is 8.83. The Bertz CT molecular complexity index is 544. The SMILES string of the molecule is COc1ccc(CC(=O)N2CSCC2C(=O)OCC(C)C)cc1. The summed E-state index contributed by atoms with van der Waals surface area (Å²) < 4.78 is 10.4. The lowest BCUT2D eigenvalue weighted by molar-refractivity contribution is -0.153. The molecule has 0 radical (unpaired) electrons. The Morgan fingerprint density at radius 1 is 1.30 bits per heavy atom. The smallest absolute Gasteiger partial charge is 0.329 e. The van der Waals surface area contributed by atoms with Crippen molar-refractivity contribution in [3.8, 4) is 5.75 Å². The fraction of sp³-hybridized carbons (Fsp3) is 0.529. The third kappa shape index (κ3) is 4.89. The van der Waals surface area contributed by atoms with Gasteiger partial charge in [0.15, 0.2) is 0 Å². The molecule has 0 N–H and O–H groups in total. The van der Waals surface area contributed by atoms with E-state index in [2.05, 4.69) is 0 Å². The topological polar surface area (TPSA) is 55.8 Å². The molecule has 1 aliphatic heterocycles. The van der Waals surface area contributed by atoms with E-state index in [0.717, 1.165) is 11.3 Å². The Morgan fingerprint density at radius 2 is 2.00 bits per heavy atom. The highest BCUT2D eigenvalue weighted by atomic mass is 32.2. The molecular formula is C17H23NO4S. The van der Waals surface area contributed by atoms with Crippen LogP contribution < -0.4 is 4.74 Å². The quantitative estimate of drug-likeness (QED) is 0.746. The maximum Gasteiger partial charge on any atom is 0.329 e. The van der Waals surface area contributed by atoms with E-state index < -0.39 is 6.04 Å². The highest BCUT2D eigenvalue weighted by Gasteiger charge is 2.35. The van der Waals surface area contributed by atoms with Crippen LogP contribution in [0.15, 0.2) is 24.3 Å². The third-order valence-corrected chi connectivity index (χ3v) is 4.56. The van der Waals surface area contributed by atoms with Crippen LogP contribution in [0.25, 0.3) is 0 Å². The van der Waals surface area contributed by atoms with E-state index in [9.17, 15) is 9.59 Å². The van der Waals surface area contributed by atoms with Crippen molar-refractivity contribution in [3.63, 3.8) is 0 Å². The van der Waals surface area contributed by atoms with Crippen LogP contribution >= 0.6 is 11.8 Å². The minimum atomic E-state index is -0.468. The molecule has 1 aromatic rings. The van der Waals surface area contributed by atoms with Crippen molar-refractivity contribution in [1.82, 2.24) is 4.90 Å². The number of amides is 1. The van der Waals surface area contributed by atoms with Crippen molar-refractivity contribution in [2.75, 3.05) is 25.3 Å². The maximum atomic E-state index is 12.5. The van der Waals surface area contributed by atoms with Gasteiger partial charge in [-0.1, -0.05) is 26.0 Å². The summed E-state index contributed by atoms with van der Waals surface area (Å²) in [5.41, 5.74) is 0.905. The molecule has 0 saturated carbocycles. The zero-order valence-corrected chi connectivity index (χ0v) is 14.6. The van der Waals surface area contributed by atoms with E-state index in [1.807, 2.05) is 38.1 Å². The van der Waals surface area contributed by atoms with Crippen LogP contribution in [0.5, 0.6) is 5.75 Å². The van der Waals surface area contributed by atoms with Gasteiger partial charge < -0.3 is 14.4 Å². The number of carbonyl (C=O) groups is 2. The van der Waals surface area contributed by atoms with Crippen LogP contribution in [0.3, 0.4) is 0 Å². The van der Waals surface area contributed by atoms with Crippen LogP contribution in [0.1, 0.15) is 19.4 Å². The molecule has 1 amide bonds. The number of nitrogens with zero attached hydrogens (tertiary/aromatic N) is 1. The minimum absolute atomic E-state index is 0.0494. The molecule has 1 aromatic carbocycles. The molecule has 1 heterocycles. The molecule has 0 spiro atoms. The number of rotatable bonds is 6. The van der Waals surface area contributed by atoms with Gasteiger partial charge in [0, 0.05) is 5.75 Å². The fourth-order valence-electron chi connectivity index (χ4n) is 2.25. The normalized spacial score (nSPS) is 17.4. The van der Waals surface area contributed by atoms with Crippen LogP contribution in [0, 0.1) is 5.92 Å². The lowest BCUT2D eigenvalue weighted by Gasteiger charge is -2.23. The summed E-state index contributed by atoms with van der Waals surface area (Å²) in [5.74, 6) is 1.84. The van der Waals surface area contributed by atoms with Gasteiger partial charge in [0.1, 0.15) is 11.8 Å². The Kier molecular flexibility index (Phi) is 6.33. The van der Waals surface area contributed by atoms with E-state index in [0.29, 0.717) is 18.2 Å². The van der Waals surface area contributed by atoms with Crippen LogP contribution in [-0.4, -0.2) is 48.2 Å². The Balaban J connectivity index is 1.95. The predicted octanol–water partition coefficient (Wildman–Crippen LogP) is 2.34. The number of ether oxygens (including phenoxy) is 2. The van der Waals surface area contributed by atoms with E-state index in [1.54, 1.807) is 23.8 Å². The van der Waals surface area contributed by atoms with Crippen LogP contribution in [0.4, 0.5) is 0 Å². The van der Waals surface area contributed by atoms with Crippen molar-refractivity contribution in [1.29, 1.82) is 0 Å². The number of thioether (sulfide) groups is 1. The van der Waals surface area contributed by atoms with Crippen molar-refractivity contribution in [2.45, 2.75) is 26.3 Å². The van der Waals surface area contributed by atoms with Gasteiger partial charge in [0.25, 0.3) is 0 Å². The number of esters is 1. The molecule has 2 rings (SSSR count). The molecular weight excluding hydrogens is 314 g/mol. The summed E-state index contributed by atoms with van der Waals surface area (Å²) in [6.07, 6.45) is 0.276. The van der Waals surface area contributed by atoms with Gasteiger partial charge in [-0.3, -0.25) is 4.79 Å². The minimum Gasteiger partial charge on any atom is -0.497 e. The second kappa shape index (κ2) is 8.24. The molecule has 0 aliphatic carbocycles. The number of carbonyl (C=O) groups excluding carboxylic acids is 2. The molecule has 1 aliphatic rings. The van der Waals surface area contributed by atoms with Crippen molar-refractivity contribution in [3.05, 3.63) is 29.8 Å². The summed E-state index contributed by atoms with van der Waals surface area (Å²) in [5, 5.41) is 0. The van der Waals surface area contributed by atoms with Gasteiger partial charge in [0.2, 0.25) is 5.91 Å². The maximum absolute atomic E-state index is 12.5. The van der Waals surface area contributed by atoms with E-state index >= 15 is 0 Å². The fourth-order valence-corrected chi connectivity index (χ4v) is 3.41. The average Bonchev–Trinajstić information content (AvgIpc) is 3.03. The Morgan fingerprint density at radius 3 is 2.61 bits per heavy atom. The molecule has 0 bridgehead atoms. The van der Waals surface area contributed by atoms with E-state index in [-0.39, 0.29) is 24.2 Å². The lowest BCUT2D eigenvalue weighted by atomic mass is 10.1. The Hall–Kier alpha value is -1.69. The average molecular weight is 337 g/mol. The molecule has 1 atom stereocenters. The van der Waals surface area contributed by atoms with Gasteiger partial charge in [-0.15, -0.1) is 11.8 Å². The van der Waals surface area contributed by atoms with Crippen LogP contribution in [0.2, 0.25) is 0 Å². The summed E-state index contributed by atoms with van der Waals surface area (Å²) in [4.78, 5) is 26.3. The Labute approximate surface area is 141 Å². The first kappa shape index (κ1) is 17.7. The van der Waals surface area contributed by atoms with Gasteiger partial charge in [-0.2, -0.15) is 0 Å². The van der Waals surface area contributed by atoms with Crippen LogP contribution in [-0.2, 0) is 20.7 Å². The van der Waals surface area contributed by atoms with Crippen molar-refractivity contribution in [2.24, 2.45) is 5.92 Å². The summed E-state index contributed by atoms with van der Waals surface area (Å²) in [6.45, 7) is 4.37. The molecule has 5 nitrogen and oxygen atoms in total. The molecule has 1 unspecified atom stereocenters. The van der Waals surface area contributed by atoms with Crippen molar-refractivity contribution >= 4 is 23.6 Å². The summed E-state index contributed by atoms with van der Waals surface area (Å²) in [7, 11) is 1.61. The first-order valence-electron chi connectivity index (χ1n) is 7.68. The summed E-state index contributed by atoms with van der Waals surface area (Å²) in [6, 6.07) is 6.92. The predicted molar refractivity (Wildman–Crippen MR) is 90.5 cm³/mol. The lowest BCUT2D eigenvalue weighted by Crippen LogP contribution is -2.43. The molecule has 0 aromatic heterocycles. The van der Waals surface area contributed by atoms with Crippen molar-refractivity contribution < 1.29 is 19.1 Å². The number of hydrogen-bond donors (Lipinski definition) is 0. The number of benzene rings is 1. The molecule has 1 fully saturated rings. The van der Waals surface area contributed by atoms with Gasteiger partial charge in [-0.25, -0.2) is 4.79 Å². The number of hydrogen-bond acceptors (Lipinski definition) is 5. The van der Waals surface area contributed by atoms with Gasteiger partial charge in [0.05, 0.1) is 26.0 Å². The number of methoxy groups -OCH3 is 1. The first-order chi connectivity index (χ1) is 11.0. The second-order valence-electron chi connectivity index (χ2n) is 5.93. The highest BCUT2D eigenvalue weighted by Crippen LogP contribution is 2.23. The zero-order chi connectivity index (χ0) is 16.8. The third-order valence-electron chi connectivity index (χ3n) is 3.55. The largest absolute Gasteiger partial charge is 0.497 e. The molecule has 6 heteroatoms. The van der Waals surface area contributed by atoms with Gasteiger partial charge in [-0.05, 0) is 23.6 Å². The second-order valence-corrected chi connectivity index (χ2v) is 6.93. The van der Waals surface area contributed by atoms with E-state index in [1.165, 1.54) is 0 Å². The molecule has 1 saturated heterocycles. The standard InChI is InChI=1S/C17H23NO4S/c1-12(2)9-22-17(20)15-10-23-11-18(15)16(19)8-13-4-6-14(21-3)7-5-13/h4-7,12,15H,8-11H2,1-3H3. The highest BCUT2D eigenvalue weighted by molar-refractivity contribution is 7.99. The summed E-state index contributed by atoms with van der Waals surface area (Å²) >= 11 is 1.58. The molecule has 23 heavy (non-hydrogen) atoms. The van der Waals surface area contributed by atoms with Gasteiger partial charge >= 0.3 is 5.97 Å². The van der Waals surface area contributed by atoms with E-state index in [4.69, 9.17) is 9.47 Å². The monoisotopic (exact) mass is 337 g/mol.